The van der Waals surface area contributed by atoms with Crippen molar-refractivity contribution in [1.82, 2.24) is 4.90 Å². The number of aromatic carboxylic acids is 1. The second kappa shape index (κ2) is 7.83. The van der Waals surface area contributed by atoms with Crippen LogP contribution < -0.4 is 0 Å². The van der Waals surface area contributed by atoms with Gasteiger partial charge in [0, 0.05) is 26.7 Å². The van der Waals surface area contributed by atoms with Gasteiger partial charge < -0.3 is 14.9 Å². The van der Waals surface area contributed by atoms with Gasteiger partial charge in [0.05, 0.1) is 18.8 Å². The molecule has 1 aromatic rings. The normalized spacial score (nSPS) is 10.9. The summed E-state index contributed by atoms with van der Waals surface area (Å²) in [6.45, 7) is 2.00. The molecule has 0 spiro atoms. The molecule has 1 rings (SSSR count). The maximum Gasteiger partial charge on any atom is 0.338 e. The van der Waals surface area contributed by atoms with Crippen molar-refractivity contribution in [3.05, 3.63) is 35.1 Å². The Bertz CT molecular complexity index is 425. The first-order chi connectivity index (χ1) is 9.08. The molecule has 106 valence electrons. The number of halogens is 1. The van der Waals surface area contributed by atoms with Gasteiger partial charge in [0.1, 0.15) is 5.82 Å². The summed E-state index contributed by atoms with van der Waals surface area (Å²) in [4.78, 5) is 12.6. The number of aliphatic hydroxyl groups is 1. The molecule has 0 aromatic heterocycles. The Morgan fingerprint density at radius 2 is 2.16 bits per heavy atom. The van der Waals surface area contributed by atoms with Gasteiger partial charge in [-0.2, -0.15) is 0 Å². The maximum absolute atomic E-state index is 13.5. The highest BCUT2D eigenvalue weighted by atomic mass is 19.1. The molecule has 0 fully saturated rings. The first kappa shape index (κ1) is 15.6. The van der Waals surface area contributed by atoms with E-state index in [1.165, 1.54) is 12.1 Å². The summed E-state index contributed by atoms with van der Waals surface area (Å²) < 4.78 is 18.5. The number of carboxylic acids is 1. The lowest BCUT2D eigenvalue weighted by atomic mass is 10.1. The smallest absolute Gasteiger partial charge is 0.338 e. The molecule has 0 saturated carbocycles. The zero-order chi connectivity index (χ0) is 14.3. The lowest BCUT2D eigenvalue weighted by molar-refractivity contribution is 0.0692. The molecular weight excluding hydrogens is 253 g/mol. The highest BCUT2D eigenvalue weighted by Gasteiger charge is 2.12. The minimum Gasteiger partial charge on any atom is -0.478 e. The Balaban J connectivity index is 2.73. The van der Waals surface area contributed by atoms with Crippen molar-refractivity contribution < 1.29 is 24.1 Å². The maximum atomic E-state index is 13.5. The predicted octanol–water partition coefficient (Wildman–Crippen LogP) is 0.965. The molecule has 0 heterocycles. The topological polar surface area (TPSA) is 70.0 Å². The quantitative estimate of drug-likeness (QED) is 0.737. The van der Waals surface area contributed by atoms with E-state index >= 15 is 0 Å². The molecule has 0 unspecified atom stereocenters. The summed E-state index contributed by atoms with van der Waals surface area (Å²) in [5.41, 5.74) is 0.321. The Morgan fingerprint density at radius 3 is 2.68 bits per heavy atom. The zero-order valence-corrected chi connectivity index (χ0v) is 10.8. The van der Waals surface area contributed by atoms with E-state index in [2.05, 4.69) is 0 Å². The van der Waals surface area contributed by atoms with Crippen LogP contribution in [0.2, 0.25) is 0 Å². The van der Waals surface area contributed by atoms with E-state index in [4.69, 9.17) is 14.9 Å². The van der Waals surface area contributed by atoms with Gasteiger partial charge in [0.15, 0.2) is 0 Å². The van der Waals surface area contributed by atoms with E-state index in [1.807, 2.05) is 4.90 Å². The van der Waals surface area contributed by atoms with Crippen molar-refractivity contribution in [2.75, 3.05) is 33.4 Å². The molecular formula is C13H18FNO4. The second-order valence-corrected chi connectivity index (χ2v) is 4.11. The van der Waals surface area contributed by atoms with Gasteiger partial charge in [-0.05, 0) is 17.7 Å². The van der Waals surface area contributed by atoms with Crippen molar-refractivity contribution in [2.45, 2.75) is 6.54 Å². The monoisotopic (exact) mass is 271 g/mol. The molecule has 0 bridgehead atoms. The molecule has 5 nitrogen and oxygen atoms in total. The average molecular weight is 271 g/mol. The van der Waals surface area contributed by atoms with Crippen LogP contribution in [0.3, 0.4) is 0 Å². The van der Waals surface area contributed by atoms with Gasteiger partial charge in [-0.3, -0.25) is 4.90 Å². The Labute approximate surface area is 111 Å². The summed E-state index contributed by atoms with van der Waals surface area (Å²) >= 11 is 0. The number of nitrogens with zero attached hydrogens (tertiary/aromatic N) is 1. The largest absolute Gasteiger partial charge is 0.478 e. The third-order valence-corrected chi connectivity index (χ3v) is 2.70. The molecule has 6 heteroatoms. The Hall–Kier alpha value is -1.50. The summed E-state index contributed by atoms with van der Waals surface area (Å²) in [5, 5.41) is 17.7. The van der Waals surface area contributed by atoms with Crippen LogP contribution in [0.5, 0.6) is 0 Å². The number of carbonyl (C=O) groups is 1. The lowest BCUT2D eigenvalue weighted by Crippen LogP contribution is -2.29. The fraction of sp³-hybridized carbons (Fsp3) is 0.462. The van der Waals surface area contributed by atoms with Gasteiger partial charge in [-0.15, -0.1) is 0 Å². The predicted molar refractivity (Wildman–Crippen MR) is 67.6 cm³/mol. The van der Waals surface area contributed by atoms with E-state index in [0.29, 0.717) is 31.8 Å². The molecule has 0 aliphatic heterocycles. The van der Waals surface area contributed by atoms with Gasteiger partial charge in [0.2, 0.25) is 0 Å². The Morgan fingerprint density at radius 1 is 1.42 bits per heavy atom. The molecule has 0 amide bonds. The highest BCUT2D eigenvalue weighted by molar-refractivity contribution is 5.87. The standard InChI is InChI=1S/C13H18FNO4/c1-19-7-5-15(4-6-16)9-10-2-3-11(13(17)18)12(14)8-10/h2-3,8,16H,4-7,9H2,1H3,(H,17,18). The summed E-state index contributed by atoms with van der Waals surface area (Å²) in [7, 11) is 1.58. The zero-order valence-electron chi connectivity index (χ0n) is 10.8. The van der Waals surface area contributed by atoms with Gasteiger partial charge in [0.25, 0.3) is 0 Å². The average Bonchev–Trinajstić information content (AvgIpc) is 2.36. The number of benzene rings is 1. The number of aliphatic hydroxyl groups excluding tert-OH is 1. The molecule has 2 N–H and O–H groups in total. The van der Waals surface area contributed by atoms with Crippen LogP contribution >= 0.6 is 0 Å². The van der Waals surface area contributed by atoms with Crippen LogP contribution in [-0.2, 0) is 11.3 Å². The number of ether oxygens (including phenoxy) is 1. The first-order valence-electron chi connectivity index (χ1n) is 5.92. The highest BCUT2D eigenvalue weighted by Crippen LogP contribution is 2.12. The third kappa shape index (κ3) is 4.94. The Kier molecular flexibility index (Phi) is 6.41. The van der Waals surface area contributed by atoms with Crippen molar-refractivity contribution in [3.8, 4) is 0 Å². The van der Waals surface area contributed by atoms with E-state index < -0.39 is 11.8 Å². The fourth-order valence-corrected chi connectivity index (χ4v) is 1.72. The van der Waals surface area contributed by atoms with E-state index in [9.17, 15) is 9.18 Å². The molecule has 19 heavy (non-hydrogen) atoms. The number of rotatable bonds is 8. The van der Waals surface area contributed by atoms with Crippen LogP contribution in [0.1, 0.15) is 15.9 Å². The van der Waals surface area contributed by atoms with Crippen LogP contribution in [0.15, 0.2) is 18.2 Å². The van der Waals surface area contributed by atoms with Crippen molar-refractivity contribution in [3.63, 3.8) is 0 Å². The van der Waals surface area contributed by atoms with E-state index in [1.54, 1.807) is 13.2 Å². The van der Waals surface area contributed by atoms with Gasteiger partial charge in [-0.1, -0.05) is 6.07 Å². The number of hydrogen-bond acceptors (Lipinski definition) is 4. The van der Waals surface area contributed by atoms with Crippen LogP contribution in [0.4, 0.5) is 4.39 Å². The van der Waals surface area contributed by atoms with Crippen LogP contribution in [-0.4, -0.2) is 54.5 Å². The summed E-state index contributed by atoms with van der Waals surface area (Å²) in [5.74, 6) is -2.03. The van der Waals surface area contributed by atoms with Gasteiger partial charge in [-0.25, -0.2) is 9.18 Å². The van der Waals surface area contributed by atoms with Gasteiger partial charge >= 0.3 is 5.97 Å². The molecule has 0 aliphatic carbocycles. The van der Waals surface area contributed by atoms with Crippen molar-refractivity contribution in [2.24, 2.45) is 0 Å². The summed E-state index contributed by atoms with van der Waals surface area (Å²) in [6.07, 6.45) is 0. The molecule has 0 aliphatic rings. The van der Waals surface area contributed by atoms with Crippen molar-refractivity contribution in [1.29, 1.82) is 0 Å². The molecule has 1 aromatic carbocycles. The number of methoxy groups -OCH3 is 1. The van der Waals surface area contributed by atoms with Crippen LogP contribution in [0, 0.1) is 5.82 Å². The fourth-order valence-electron chi connectivity index (χ4n) is 1.72. The minimum absolute atomic E-state index is 0.000589. The number of carboxylic acid groups (broad SMARTS) is 1. The molecule has 0 atom stereocenters. The third-order valence-electron chi connectivity index (χ3n) is 2.70. The van der Waals surface area contributed by atoms with Crippen LogP contribution in [0.25, 0.3) is 0 Å². The lowest BCUT2D eigenvalue weighted by Gasteiger charge is -2.21. The number of hydrogen-bond donors (Lipinski definition) is 2. The van der Waals surface area contributed by atoms with E-state index in [0.717, 1.165) is 0 Å². The van der Waals surface area contributed by atoms with Crippen molar-refractivity contribution >= 4 is 5.97 Å². The molecule has 0 saturated heterocycles. The SMILES string of the molecule is COCCN(CCO)Cc1ccc(C(=O)O)c(F)c1. The molecule has 0 radical (unpaired) electrons. The minimum atomic E-state index is -1.28. The summed E-state index contributed by atoms with van der Waals surface area (Å²) in [6, 6.07) is 4.03. The first-order valence-corrected chi connectivity index (χ1v) is 5.92. The van der Waals surface area contributed by atoms with E-state index in [-0.39, 0.29) is 12.2 Å². The second-order valence-electron chi connectivity index (χ2n) is 4.11.